The van der Waals surface area contributed by atoms with E-state index >= 15 is 0 Å². The highest BCUT2D eigenvalue weighted by molar-refractivity contribution is 5.86. The fourth-order valence-corrected chi connectivity index (χ4v) is 2.96. The first kappa shape index (κ1) is 17.3. The molecule has 2 aliphatic rings. The van der Waals surface area contributed by atoms with Gasteiger partial charge >= 0.3 is 17.6 Å². The van der Waals surface area contributed by atoms with Crippen molar-refractivity contribution in [2.45, 2.75) is 43.2 Å². The summed E-state index contributed by atoms with van der Waals surface area (Å²) in [4.78, 5) is 47.3. The van der Waals surface area contributed by atoms with Gasteiger partial charge in [-0.05, 0) is 0 Å². The maximum absolute atomic E-state index is 11.9. The largest absolute Gasteiger partial charge is 0.479 e. The molecule has 12 heteroatoms. The number of hydrogen-bond acceptors (Lipinski definition) is 8. The van der Waals surface area contributed by atoms with Crippen LogP contribution in [0.2, 0.25) is 0 Å². The van der Waals surface area contributed by atoms with Gasteiger partial charge in [-0.15, -0.1) is 0 Å². The van der Waals surface area contributed by atoms with Crippen molar-refractivity contribution >= 4 is 11.9 Å². The maximum Gasteiger partial charge on any atom is 0.342 e. The van der Waals surface area contributed by atoms with Crippen LogP contribution in [0.1, 0.15) is 23.0 Å². The number of aliphatic hydroxyl groups is 2. The second-order valence-electron chi connectivity index (χ2n) is 5.73. The third kappa shape index (κ3) is 2.84. The molecule has 0 aliphatic carbocycles. The van der Waals surface area contributed by atoms with Gasteiger partial charge in [-0.25, -0.2) is 14.4 Å². The van der Waals surface area contributed by atoms with Gasteiger partial charge in [0.2, 0.25) is 0 Å². The van der Waals surface area contributed by atoms with Crippen LogP contribution in [0, 0.1) is 0 Å². The number of aromatic amines is 1. The molecule has 3 heterocycles. The zero-order valence-electron chi connectivity index (χ0n) is 12.4. The Balaban J connectivity index is 1.97. The number of rotatable bonds is 3. The molecule has 5 N–H and O–H groups in total. The van der Waals surface area contributed by atoms with Gasteiger partial charge in [-0.1, -0.05) is 0 Å². The molecule has 0 radical (unpaired) electrons. The van der Waals surface area contributed by atoms with E-state index in [1.165, 1.54) is 0 Å². The number of H-pyrrole nitrogens is 1. The van der Waals surface area contributed by atoms with Crippen LogP contribution in [0.4, 0.5) is 0 Å². The predicted molar refractivity (Wildman–Crippen MR) is 75.1 cm³/mol. The average molecular weight is 358 g/mol. The van der Waals surface area contributed by atoms with Crippen molar-refractivity contribution in [3.05, 3.63) is 32.6 Å². The third-order valence-electron chi connectivity index (χ3n) is 4.15. The van der Waals surface area contributed by atoms with Crippen LogP contribution in [0.5, 0.6) is 0 Å². The van der Waals surface area contributed by atoms with E-state index in [1.54, 1.807) is 4.98 Å². The van der Waals surface area contributed by atoms with Gasteiger partial charge in [0.05, 0.1) is 6.10 Å². The Morgan fingerprint density at radius 1 is 1.16 bits per heavy atom. The lowest BCUT2D eigenvalue weighted by Gasteiger charge is -2.33. The van der Waals surface area contributed by atoms with Crippen LogP contribution >= 0.6 is 0 Å². The molecule has 0 amide bonds. The Hall–Kier alpha value is -2.54. The predicted octanol–water partition coefficient (Wildman–Crippen LogP) is -2.90. The molecule has 2 fully saturated rings. The Bertz CT molecular complexity index is 829. The van der Waals surface area contributed by atoms with E-state index in [0.717, 1.165) is 0 Å². The quantitative estimate of drug-likeness (QED) is 0.375. The number of carbonyl (C=O) groups is 2. The molecule has 3 rings (SSSR count). The summed E-state index contributed by atoms with van der Waals surface area (Å²) < 4.78 is 11.3. The first-order valence-corrected chi connectivity index (χ1v) is 7.19. The highest BCUT2D eigenvalue weighted by Crippen LogP contribution is 2.37. The average Bonchev–Trinajstić information content (AvgIpc) is 2.85. The van der Waals surface area contributed by atoms with Gasteiger partial charge in [0.15, 0.2) is 12.3 Å². The molecule has 1 aromatic rings. The molecule has 1 aromatic heterocycles. The van der Waals surface area contributed by atoms with Gasteiger partial charge in [-0.3, -0.25) is 14.3 Å². The Kier molecular flexibility index (Phi) is 4.20. The highest BCUT2D eigenvalue weighted by Gasteiger charge is 2.53. The van der Waals surface area contributed by atoms with Crippen LogP contribution in [0.25, 0.3) is 0 Å². The van der Waals surface area contributed by atoms with Crippen molar-refractivity contribution < 1.29 is 39.5 Å². The van der Waals surface area contributed by atoms with Crippen LogP contribution in [0.15, 0.2) is 15.8 Å². The number of aliphatic carboxylic acids is 1. The Morgan fingerprint density at radius 3 is 2.44 bits per heavy atom. The molecule has 0 spiro atoms. The summed E-state index contributed by atoms with van der Waals surface area (Å²) in [5, 5.41) is 38.3. The fourth-order valence-electron chi connectivity index (χ4n) is 2.96. The smallest absolute Gasteiger partial charge is 0.342 e. The SMILES string of the molecule is O=C(O)c1cn(C2OC3C(O)CC(C(=O)O)OC3C2O)c(=O)[nH]c1=O. The van der Waals surface area contributed by atoms with Crippen molar-refractivity contribution in [2.75, 3.05) is 0 Å². The molecule has 12 nitrogen and oxygen atoms in total. The fraction of sp³-hybridized carbons (Fsp3) is 0.538. The lowest BCUT2D eigenvalue weighted by Crippen LogP contribution is -2.51. The standard InChI is InChI=1S/C13H14N2O10/c16-4-1-5(12(21)22)24-8-6(17)10(25-7(4)8)15-2-3(11(19)20)9(18)14-13(15)23/h2,4-8,10,16-17H,1H2,(H,19,20)(H,21,22)(H,14,18,23). The van der Waals surface area contributed by atoms with E-state index in [0.29, 0.717) is 10.8 Å². The number of carboxylic acid groups (broad SMARTS) is 2. The number of fused-ring (bicyclic) bond motifs is 1. The monoisotopic (exact) mass is 358 g/mol. The van der Waals surface area contributed by atoms with E-state index < -0.39 is 65.5 Å². The zero-order valence-corrected chi connectivity index (χ0v) is 12.4. The van der Waals surface area contributed by atoms with E-state index in [4.69, 9.17) is 19.7 Å². The minimum Gasteiger partial charge on any atom is -0.479 e. The summed E-state index contributed by atoms with van der Waals surface area (Å²) in [6.45, 7) is 0. The van der Waals surface area contributed by atoms with Crippen molar-refractivity contribution in [1.29, 1.82) is 0 Å². The van der Waals surface area contributed by atoms with Gasteiger partial charge < -0.3 is 29.9 Å². The second-order valence-corrected chi connectivity index (χ2v) is 5.73. The molecule has 136 valence electrons. The summed E-state index contributed by atoms with van der Waals surface area (Å²) >= 11 is 0. The first-order valence-electron chi connectivity index (χ1n) is 7.19. The van der Waals surface area contributed by atoms with Gasteiger partial charge in [0.1, 0.15) is 23.9 Å². The molecule has 6 atom stereocenters. The number of hydrogen-bond donors (Lipinski definition) is 5. The molecule has 6 unspecified atom stereocenters. The van der Waals surface area contributed by atoms with Gasteiger partial charge in [-0.2, -0.15) is 0 Å². The van der Waals surface area contributed by atoms with E-state index in [-0.39, 0.29) is 6.42 Å². The molecule has 0 bridgehead atoms. The summed E-state index contributed by atoms with van der Waals surface area (Å²) in [7, 11) is 0. The molecular weight excluding hydrogens is 344 g/mol. The number of aromatic nitrogens is 2. The topological polar surface area (TPSA) is 188 Å². The normalized spacial score (nSPS) is 34.5. The number of aromatic carboxylic acids is 1. The van der Waals surface area contributed by atoms with Crippen molar-refractivity contribution in [3.8, 4) is 0 Å². The minimum atomic E-state index is -1.60. The molecule has 25 heavy (non-hydrogen) atoms. The van der Waals surface area contributed by atoms with Crippen molar-refractivity contribution in [3.63, 3.8) is 0 Å². The number of carboxylic acids is 2. The van der Waals surface area contributed by atoms with E-state index in [1.807, 2.05) is 0 Å². The second kappa shape index (κ2) is 6.07. The minimum absolute atomic E-state index is 0.281. The van der Waals surface area contributed by atoms with E-state index in [9.17, 15) is 29.4 Å². The van der Waals surface area contributed by atoms with Crippen LogP contribution in [-0.4, -0.2) is 72.4 Å². The summed E-state index contributed by atoms with van der Waals surface area (Å²) in [5.41, 5.74) is -2.92. The van der Waals surface area contributed by atoms with Crippen LogP contribution in [0.3, 0.4) is 0 Å². The summed E-state index contributed by atoms with van der Waals surface area (Å²) in [6.07, 6.45) is -7.64. The lowest BCUT2D eigenvalue weighted by molar-refractivity contribution is -0.187. The Morgan fingerprint density at radius 2 is 1.84 bits per heavy atom. The number of nitrogens with one attached hydrogen (secondary N) is 1. The number of ether oxygens (including phenoxy) is 2. The van der Waals surface area contributed by atoms with E-state index in [2.05, 4.69) is 0 Å². The summed E-state index contributed by atoms with van der Waals surface area (Å²) in [6, 6.07) is 0. The highest BCUT2D eigenvalue weighted by atomic mass is 16.6. The third-order valence-corrected chi connectivity index (χ3v) is 4.15. The molecule has 0 saturated carbocycles. The molecular formula is C13H14N2O10. The van der Waals surface area contributed by atoms with Crippen LogP contribution < -0.4 is 11.2 Å². The zero-order chi connectivity index (χ0) is 18.5. The van der Waals surface area contributed by atoms with Gasteiger partial charge in [0, 0.05) is 12.6 Å². The molecule has 0 aromatic carbocycles. The summed E-state index contributed by atoms with van der Waals surface area (Å²) in [5.74, 6) is -2.93. The first-order chi connectivity index (χ1) is 11.7. The van der Waals surface area contributed by atoms with Crippen molar-refractivity contribution in [1.82, 2.24) is 9.55 Å². The lowest BCUT2D eigenvalue weighted by atomic mass is 9.96. The van der Waals surface area contributed by atoms with Gasteiger partial charge in [0.25, 0.3) is 5.56 Å². The maximum atomic E-state index is 11.9. The Labute approximate surface area is 137 Å². The van der Waals surface area contributed by atoms with Crippen LogP contribution in [-0.2, 0) is 14.3 Å². The number of aliphatic hydroxyl groups excluding tert-OH is 2. The molecule has 2 aliphatic heterocycles. The number of nitrogens with zero attached hydrogens (tertiary/aromatic N) is 1. The molecule has 2 saturated heterocycles. The van der Waals surface area contributed by atoms with Crippen molar-refractivity contribution in [2.24, 2.45) is 0 Å².